The summed E-state index contributed by atoms with van der Waals surface area (Å²) >= 11 is 0. The lowest BCUT2D eigenvalue weighted by molar-refractivity contribution is -0.116. The van der Waals surface area contributed by atoms with Gasteiger partial charge in [-0.2, -0.15) is 0 Å². The van der Waals surface area contributed by atoms with Crippen molar-refractivity contribution in [2.45, 2.75) is 25.8 Å². The van der Waals surface area contributed by atoms with Crippen molar-refractivity contribution >= 4 is 28.7 Å². The summed E-state index contributed by atoms with van der Waals surface area (Å²) in [6.07, 6.45) is 3.04. The molecule has 9 nitrogen and oxygen atoms in total. The van der Waals surface area contributed by atoms with Crippen LogP contribution < -0.4 is 21.6 Å². The van der Waals surface area contributed by atoms with Crippen LogP contribution in [0.4, 0.5) is 5.82 Å². The standard InChI is InChI=1S/C16H18N6O3/c1-2-4-11(23)19-9-5-3-6-22(8-9)15-13-12(20-16(25)21-13)10(7-18-15)14(17)24/h7,9H,3,5-6,8H2,1H3,(H2,17,24)(H,19,23)(H2,20,21,25). The number of hydrogen-bond donors (Lipinski definition) is 4. The van der Waals surface area contributed by atoms with Gasteiger partial charge in [0.2, 0.25) is 0 Å². The van der Waals surface area contributed by atoms with Gasteiger partial charge in [-0.15, -0.1) is 0 Å². The van der Waals surface area contributed by atoms with Gasteiger partial charge in [-0.3, -0.25) is 9.59 Å². The predicted molar refractivity (Wildman–Crippen MR) is 92.1 cm³/mol. The summed E-state index contributed by atoms with van der Waals surface area (Å²) in [4.78, 5) is 46.4. The maximum absolute atomic E-state index is 11.7. The SMILES string of the molecule is CC#CC(=O)NC1CCCN(c2ncc(C(N)=O)c3[nH]c(=O)[nH]c23)C1. The number of pyridine rings is 1. The van der Waals surface area contributed by atoms with Crippen LogP contribution in [0.15, 0.2) is 11.0 Å². The van der Waals surface area contributed by atoms with E-state index < -0.39 is 11.6 Å². The van der Waals surface area contributed by atoms with Crippen LogP contribution in [0.25, 0.3) is 11.0 Å². The van der Waals surface area contributed by atoms with E-state index in [2.05, 4.69) is 32.1 Å². The van der Waals surface area contributed by atoms with E-state index in [0.717, 1.165) is 19.4 Å². The van der Waals surface area contributed by atoms with Crippen LogP contribution in [0, 0.1) is 11.8 Å². The van der Waals surface area contributed by atoms with E-state index in [4.69, 9.17) is 5.73 Å². The van der Waals surface area contributed by atoms with E-state index in [0.29, 0.717) is 23.4 Å². The first-order valence-corrected chi connectivity index (χ1v) is 7.88. The number of anilines is 1. The normalized spacial score (nSPS) is 17.0. The monoisotopic (exact) mass is 342 g/mol. The van der Waals surface area contributed by atoms with Crippen molar-refractivity contribution in [3.63, 3.8) is 0 Å². The van der Waals surface area contributed by atoms with Crippen molar-refractivity contribution in [3.05, 3.63) is 22.2 Å². The Kier molecular flexibility index (Phi) is 4.43. The number of aromatic nitrogens is 3. The summed E-state index contributed by atoms with van der Waals surface area (Å²) in [6.45, 7) is 2.86. The summed E-state index contributed by atoms with van der Waals surface area (Å²) in [7, 11) is 0. The van der Waals surface area contributed by atoms with E-state index >= 15 is 0 Å². The molecule has 25 heavy (non-hydrogen) atoms. The maximum Gasteiger partial charge on any atom is 0.323 e. The van der Waals surface area contributed by atoms with E-state index in [9.17, 15) is 14.4 Å². The summed E-state index contributed by atoms with van der Waals surface area (Å²) in [5.41, 5.74) is 5.82. The van der Waals surface area contributed by atoms with E-state index in [1.54, 1.807) is 6.92 Å². The molecule has 9 heteroatoms. The zero-order valence-corrected chi connectivity index (χ0v) is 13.7. The highest BCUT2D eigenvalue weighted by molar-refractivity contribution is 6.06. The minimum absolute atomic E-state index is 0.0690. The molecule has 2 aromatic rings. The zero-order chi connectivity index (χ0) is 18.0. The quantitative estimate of drug-likeness (QED) is 0.555. The largest absolute Gasteiger partial charge is 0.365 e. The molecule has 130 valence electrons. The van der Waals surface area contributed by atoms with Gasteiger partial charge in [-0.05, 0) is 25.7 Å². The first-order valence-electron chi connectivity index (χ1n) is 7.88. The van der Waals surface area contributed by atoms with Crippen LogP contribution in [0.5, 0.6) is 0 Å². The summed E-state index contributed by atoms with van der Waals surface area (Å²) in [6, 6.07) is -0.0690. The van der Waals surface area contributed by atoms with Crippen molar-refractivity contribution in [2.75, 3.05) is 18.0 Å². The molecule has 0 spiro atoms. The highest BCUT2D eigenvalue weighted by Crippen LogP contribution is 2.25. The smallest absolute Gasteiger partial charge is 0.323 e. The fourth-order valence-electron chi connectivity index (χ4n) is 3.06. The van der Waals surface area contributed by atoms with Crippen LogP contribution >= 0.6 is 0 Å². The molecule has 0 radical (unpaired) electrons. The Balaban J connectivity index is 1.92. The molecular weight excluding hydrogens is 324 g/mol. The second kappa shape index (κ2) is 6.68. The number of carbonyl (C=O) groups is 2. The first-order chi connectivity index (χ1) is 12.0. The molecule has 2 amide bonds. The fraction of sp³-hybridized carbons (Fsp3) is 0.375. The third-order valence-electron chi connectivity index (χ3n) is 4.10. The number of fused-ring (bicyclic) bond motifs is 1. The molecule has 1 aliphatic heterocycles. The predicted octanol–water partition coefficient (Wildman–Crippen LogP) is -0.542. The molecule has 1 saturated heterocycles. The Hall–Kier alpha value is -3.28. The molecule has 0 bridgehead atoms. The fourth-order valence-corrected chi connectivity index (χ4v) is 3.06. The molecule has 1 unspecified atom stereocenters. The molecule has 5 N–H and O–H groups in total. The van der Waals surface area contributed by atoms with Crippen molar-refractivity contribution < 1.29 is 9.59 Å². The average Bonchev–Trinajstić information content (AvgIpc) is 2.95. The highest BCUT2D eigenvalue weighted by atomic mass is 16.2. The number of amides is 2. The van der Waals surface area contributed by atoms with Crippen LogP contribution in [0.3, 0.4) is 0 Å². The van der Waals surface area contributed by atoms with Gasteiger partial charge >= 0.3 is 5.69 Å². The minimum atomic E-state index is -0.666. The number of carbonyl (C=O) groups excluding carboxylic acids is 2. The molecule has 1 aliphatic rings. The third-order valence-corrected chi connectivity index (χ3v) is 4.10. The number of H-pyrrole nitrogens is 2. The Morgan fingerprint density at radius 2 is 2.16 bits per heavy atom. The van der Waals surface area contributed by atoms with Gasteiger partial charge in [0.05, 0.1) is 11.1 Å². The lowest BCUT2D eigenvalue weighted by Gasteiger charge is -2.33. The second-order valence-corrected chi connectivity index (χ2v) is 5.82. The number of rotatable bonds is 3. The average molecular weight is 342 g/mol. The number of hydrogen-bond acceptors (Lipinski definition) is 5. The Labute approximate surface area is 143 Å². The van der Waals surface area contributed by atoms with Gasteiger partial charge in [0.25, 0.3) is 11.8 Å². The molecule has 3 rings (SSSR count). The van der Waals surface area contributed by atoms with Gasteiger partial charge in [-0.25, -0.2) is 9.78 Å². The number of imidazole rings is 1. The Morgan fingerprint density at radius 1 is 1.40 bits per heavy atom. The number of nitrogens with two attached hydrogens (primary N) is 1. The Bertz CT molecular complexity index is 948. The van der Waals surface area contributed by atoms with E-state index in [1.807, 2.05) is 4.90 Å². The number of nitrogens with zero attached hydrogens (tertiary/aromatic N) is 2. The van der Waals surface area contributed by atoms with Gasteiger partial charge in [0.1, 0.15) is 5.52 Å². The van der Waals surface area contributed by atoms with E-state index in [1.165, 1.54) is 6.20 Å². The van der Waals surface area contributed by atoms with Crippen LogP contribution in [0.2, 0.25) is 0 Å². The molecule has 0 aliphatic carbocycles. The molecule has 1 atom stereocenters. The third kappa shape index (κ3) is 3.33. The second-order valence-electron chi connectivity index (χ2n) is 5.82. The number of primary amides is 1. The first kappa shape index (κ1) is 16.6. The van der Waals surface area contributed by atoms with Crippen LogP contribution in [-0.2, 0) is 4.79 Å². The zero-order valence-electron chi connectivity index (χ0n) is 13.7. The van der Waals surface area contributed by atoms with Crippen molar-refractivity contribution in [2.24, 2.45) is 5.73 Å². The maximum atomic E-state index is 11.7. The van der Waals surface area contributed by atoms with Crippen molar-refractivity contribution in [1.82, 2.24) is 20.3 Å². The molecule has 2 aromatic heterocycles. The Morgan fingerprint density at radius 3 is 2.88 bits per heavy atom. The number of nitrogens with one attached hydrogen (secondary N) is 3. The summed E-state index contributed by atoms with van der Waals surface area (Å²) in [5.74, 6) is 4.59. The minimum Gasteiger partial charge on any atom is -0.365 e. The van der Waals surface area contributed by atoms with Crippen LogP contribution in [0.1, 0.15) is 30.1 Å². The summed E-state index contributed by atoms with van der Waals surface area (Å²) in [5, 5.41) is 2.87. The molecule has 0 saturated carbocycles. The van der Waals surface area contributed by atoms with Gasteiger partial charge < -0.3 is 25.9 Å². The summed E-state index contributed by atoms with van der Waals surface area (Å²) < 4.78 is 0. The van der Waals surface area contributed by atoms with Crippen molar-refractivity contribution in [1.29, 1.82) is 0 Å². The molecule has 1 fully saturated rings. The van der Waals surface area contributed by atoms with Gasteiger partial charge in [0.15, 0.2) is 5.82 Å². The number of piperidine rings is 1. The highest BCUT2D eigenvalue weighted by Gasteiger charge is 2.25. The molecule has 0 aromatic carbocycles. The van der Waals surface area contributed by atoms with Crippen LogP contribution in [-0.4, -0.2) is 45.9 Å². The number of aromatic amines is 2. The van der Waals surface area contributed by atoms with Gasteiger partial charge in [-0.1, -0.05) is 5.92 Å². The molecule has 3 heterocycles. The van der Waals surface area contributed by atoms with Gasteiger partial charge in [0, 0.05) is 25.3 Å². The topological polar surface area (TPSA) is 137 Å². The van der Waals surface area contributed by atoms with E-state index in [-0.39, 0.29) is 17.5 Å². The molecular formula is C16H18N6O3. The lowest BCUT2D eigenvalue weighted by atomic mass is 10.1. The van der Waals surface area contributed by atoms with Crippen molar-refractivity contribution in [3.8, 4) is 11.8 Å². The lowest BCUT2D eigenvalue weighted by Crippen LogP contribution is -2.47.